The Morgan fingerprint density at radius 1 is 0.873 bits per heavy atom. The van der Waals surface area contributed by atoms with E-state index in [1.165, 1.54) is 22.4 Å². The van der Waals surface area contributed by atoms with Gasteiger partial charge in [0.05, 0.1) is 28.3 Å². The van der Waals surface area contributed by atoms with E-state index >= 15 is 0 Å². The van der Waals surface area contributed by atoms with Crippen molar-refractivity contribution in [3.05, 3.63) is 100 Å². The fraction of sp³-hybridized carbons (Fsp3) is 0.556. The topological polar surface area (TPSA) is 210 Å². The second-order valence-electron chi connectivity index (χ2n) is 20.8. The molecule has 7 rings (SSSR count). The highest BCUT2D eigenvalue weighted by molar-refractivity contribution is 7.13. The van der Waals surface area contributed by atoms with Crippen LogP contribution in [0.15, 0.2) is 66.4 Å². The second kappa shape index (κ2) is 25.3. The first-order valence-electron chi connectivity index (χ1n) is 25.4. The number of Topliss-reactive ketones (excluding diaryl/α,β-unsaturated/α-hetero) is 1. The van der Waals surface area contributed by atoms with Crippen molar-refractivity contribution >= 4 is 40.7 Å². The van der Waals surface area contributed by atoms with E-state index in [4.69, 9.17) is 0 Å². The summed E-state index contributed by atoms with van der Waals surface area (Å²) in [5, 5.41) is 30.1. The molecule has 2 aromatic heterocycles. The average Bonchev–Trinajstić information content (AvgIpc) is 3.96. The number of ketones is 1. The lowest BCUT2D eigenvalue weighted by Crippen LogP contribution is -2.50. The SMILES string of the molecule is Cc1ncsc1-c1ccc(CNC(=O)[C@@H]2C[C@@H](O)CN2C(=O)[C@@H](CC(=O)CCCCCCC(=O)NCCN2CC(Cc3cc(C(=O)NC[C@H](O)CN4CCc5ccccc5C4)ncn3)C2)C(C)(C)C)cc1. The summed E-state index contributed by atoms with van der Waals surface area (Å²) >= 11 is 1.58. The third kappa shape index (κ3) is 15.5. The number of amides is 4. The molecule has 0 saturated carbocycles. The van der Waals surface area contributed by atoms with Gasteiger partial charge in [-0.25, -0.2) is 15.0 Å². The number of carbonyl (C=O) groups is 5. The number of aryl methyl sites for hydroxylation is 1. The number of benzene rings is 2. The molecular weight excluding hydrogens is 919 g/mol. The van der Waals surface area contributed by atoms with Gasteiger partial charge in [-0.15, -0.1) is 11.3 Å². The molecule has 5 heterocycles. The van der Waals surface area contributed by atoms with Crippen LogP contribution in [0.4, 0.5) is 0 Å². The first-order chi connectivity index (χ1) is 34.1. The Morgan fingerprint density at radius 3 is 2.35 bits per heavy atom. The van der Waals surface area contributed by atoms with E-state index in [1.807, 2.05) is 63.5 Å². The lowest BCUT2D eigenvalue weighted by Gasteiger charge is -2.39. The summed E-state index contributed by atoms with van der Waals surface area (Å²) in [6, 6.07) is 17.2. The molecule has 382 valence electrons. The van der Waals surface area contributed by atoms with E-state index in [2.05, 4.69) is 58.9 Å². The molecule has 5 N–H and O–H groups in total. The number of hydrogen-bond donors (Lipinski definition) is 5. The number of nitrogens with one attached hydrogen (secondary N) is 3. The Labute approximate surface area is 422 Å². The van der Waals surface area contributed by atoms with Crippen LogP contribution in [-0.4, -0.2) is 140 Å². The Bertz CT molecular complexity index is 2440. The number of unbranched alkanes of at least 4 members (excludes halogenated alkanes) is 3. The third-order valence-electron chi connectivity index (χ3n) is 14.1. The summed E-state index contributed by atoms with van der Waals surface area (Å²) in [6.45, 7) is 13.5. The van der Waals surface area contributed by atoms with Crippen molar-refractivity contribution in [2.45, 2.75) is 123 Å². The molecule has 17 heteroatoms. The highest BCUT2D eigenvalue weighted by Crippen LogP contribution is 2.34. The van der Waals surface area contributed by atoms with Crippen LogP contribution in [0.5, 0.6) is 0 Å². The van der Waals surface area contributed by atoms with Crippen molar-refractivity contribution in [2.75, 3.05) is 52.4 Å². The molecule has 16 nitrogen and oxygen atoms in total. The summed E-state index contributed by atoms with van der Waals surface area (Å²) in [6.07, 6.45) is 5.56. The number of aliphatic hydroxyl groups is 2. The van der Waals surface area contributed by atoms with Crippen molar-refractivity contribution in [3.63, 3.8) is 0 Å². The number of aliphatic hydroxyl groups excluding tert-OH is 2. The van der Waals surface area contributed by atoms with E-state index in [0.717, 1.165) is 92.2 Å². The summed E-state index contributed by atoms with van der Waals surface area (Å²) in [7, 11) is 0. The van der Waals surface area contributed by atoms with Crippen molar-refractivity contribution in [2.24, 2.45) is 17.3 Å². The number of thiazole rings is 1. The zero-order valence-corrected chi connectivity index (χ0v) is 42.7. The van der Waals surface area contributed by atoms with Crippen molar-refractivity contribution in [3.8, 4) is 10.4 Å². The second-order valence-corrected chi connectivity index (χ2v) is 21.7. The maximum Gasteiger partial charge on any atom is 0.270 e. The quantitative estimate of drug-likeness (QED) is 0.0595. The van der Waals surface area contributed by atoms with Crippen LogP contribution in [0.3, 0.4) is 0 Å². The molecule has 0 aliphatic carbocycles. The summed E-state index contributed by atoms with van der Waals surface area (Å²) in [5.74, 6) is -1.18. The zero-order chi connectivity index (χ0) is 50.5. The number of carbonyl (C=O) groups excluding carboxylic acids is 5. The molecule has 2 aromatic carbocycles. The van der Waals surface area contributed by atoms with Gasteiger partial charge in [-0.2, -0.15) is 0 Å². The van der Waals surface area contributed by atoms with Gasteiger partial charge in [0.15, 0.2) is 0 Å². The van der Waals surface area contributed by atoms with Gasteiger partial charge in [0, 0.05) is 103 Å². The van der Waals surface area contributed by atoms with Crippen LogP contribution in [0, 0.1) is 24.2 Å². The van der Waals surface area contributed by atoms with Crippen LogP contribution < -0.4 is 16.0 Å². The van der Waals surface area contributed by atoms with Gasteiger partial charge in [-0.1, -0.05) is 82.1 Å². The summed E-state index contributed by atoms with van der Waals surface area (Å²) < 4.78 is 0. The van der Waals surface area contributed by atoms with Crippen molar-refractivity contribution in [1.29, 1.82) is 0 Å². The van der Waals surface area contributed by atoms with Crippen molar-refractivity contribution < 1.29 is 34.2 Å². The molecule has 3 aliphatic rings. The molecule has 4 aromatic rings. The Hall–Kier alpha value is -5.46. The van der Waals surface area contributed by atoms with Crippen molar-refractivity contribution in [1.82, 2.24) is 45.6 Å². The highest BCUT2D eigenvalue weighted by Gasteiger charge is 2.44. The summed E-state index contributed by atoms with van der Waals surface area (Å²) in [5.41, 5.74) is 7.96. The van der Waals surface area contributed by atoms with Crippen LogP contribution in [-0.2, 0) is 45.1 Å². The number of nitrogens with zero attached hydrogens (tertiary/aromatic N) is 6. The molecule has 4 amide bonds. The Balaban J connectivity index is 0.725. The number of β-amino-alcohol motifs (C(OH)–C–C–N with tert-alkyl or cyclic N) is 2. The molecule has 2 fully saturated rings. The van der Waals surface area contributed by atoms with Crippen LogP contribution in [0.25, 0.3) is 10.4 Å². The minimum atomic E-state index is -0.826. The van der Waals surface area contributed by atoms with E-state index in [9.17, 15) is 34.2 Å². The molecule has 71 heavy (non-hydrogen) atoms. The zero-order valence-electron chi connectivity index (χ0n) is 41.9. The Kier molecular flexibility index (Phi) is 19.0. The summed E-state index contributed by atoms with van der Waals surface area (Å²) in [4.78, 5) is 86.3. The van der Waals surface area contributed by atoms with Gasteiger partial charge < -0.3 is 36.0 Å². The molecule has 3 aliphatic heterocycles. The lowest BCUT2D eigenvalue weighted by atomic mass is 9.76. The standard InChI is InChI=1S/C54H73N9O7S/c1-36-50(71-35-60-36)40-17-15-37(16-18-40)27-56-52(69)48-26-44(65)33-63(48)53(70)46(54(2,3)4)25-43(64)13-7-5-6-8-14-49(67)55-20-22-62-29-38(30-62)23-42-24-47(59-34-58-42)51(68)57-28-45(66)32-61-21-19-39-11-9-10-12-41(39)31-61/h9-12,15-18,24,34-35,38,44-46,48,65-66H,5-8,13-14,19-23,25-33H2,1-4H3,(H,55,67)(H,56,69)(H,57,68)/t44-,45+,46-,48+/m1/s1. The normalized spacial score (nSPS) is 18.3. The minimum absolute atomic E-state index is 0.00510. The maximum atomic E-state index is 14.1. The van der Waals surface area contributed by atoms with Crippen LogP contribution in [0.1, 0.15) is 111 Å². The number of rotatable bonds is 24. The third-order valence-corrected chi connectivity index (χ3v) is 15.1. The van der Waals surface area contributed by atoms with Gasteiger partial charge in [-0.05, 0) is 72.3 Å². The van der Waals surface area contributed by atoms with Gasteiger partial charge in [0.25, 0.3) is 5.91 Å². The monoisotopic (exact) mass is 992 g/mol. The predicted molar refractivity (Wildman–Crippen MR) is 273 cm³/mol. The van der Waals surface area contributed by atoms with Gasteiger partial charge in [0.2, 0.25) is 17.7 Å². The fourth-order valence-electron chi connectivity index (χ4n) is 9.95. The largest absolute Gasteiger partial charge is 0.391 e. The first kappa shape index (κ1) is 53.3. The van der Waals surface area contributed by atoms with E-state index < -0.39 is 29.6 Å². The van der Waals surface area contributed by atoms with Crippen LogP contribution >= 0.6 is 11.3 Å². The minimum Gasteiger partial charge on any atom is -0.391 e. The first-order valence-corrected chi connectivity index (χ1v) is 26.3. The average molecular weight is 992 g/mol. The van der Waals surface area contributed by atoms with E-state index in [0.29, 0.717) is 38.3 Å². The van der Waals surface area contributed by atoms with Gasteiger partial charge >= 0.3 is 0 Å². The molecule has 0 radical (unpaired) electrons. The molecule has 4 atom stereocenters. The molecular formula is C54H73N9O7S. The van der Waals surface area contributed by atoms with Gasteiger partial charge in [-0.3, -0.25) is 28.9 Å². The lowest BCUT2D eigenvalue weighted by molar-refractivity contribution is -0.146. The highest BCUT2D eigenvalue weighted by atomic mass is 32.1. The smallest absolute Gasteiger partial charge is 0.270 e. The van der Waals surface area contributed by atoms with E-state index in [-0.39, 0.29) is 67.6 Å². The number of likely N-dealkylation sites (tertiary alicyclic amines) is 2. The molecule has 0 unspecified atom stereocenters. The predicted octanol–water partition coefficient (Wildman–Crippen LogP) is 4.89. The molecule has 0 bridgehead atoms. The Morgan fingerprint density at radius 2 is 1.62 bits per heavy atom. The van der Waals surface area contributed by atoms with Crippen LogP contribution in [0.2, 0.25) is 0 Å². The van der Waals surface area contributed by atoms with Gasteiger partial charge in [0.1, 0.15) is 23.8 Å². The maximum absolute atomic E-state index is 14.1. The number of aromatic nitrogens is 3. The number of fused-ring (bicyclic) bond motifs is 1. The molecule has 0 spiro atoms. The fourth-order valence-corrected chi connectivity index (χ4v) is 10.8. The van der Waals surface area contributed by atoms with E-state index in [1.54, 1.807) is 17.4 Å². The molecule has 2 saturated heterocycles. The number of hydrogen-bond acceptors (Lipinski definition) is 13.